The third-order valence-electron chi connectivity index (χ3n) is 6.77. The minimum absolute atomic E-state index is 0.0549. The molecule has 150 valence electrons. The van der Waals surface area contributed by atoms with Crippen LogP contribution < -0.4 is 0 Å². The Hall–Kier alpha value is -1.91. The Bertz CT molecular complexity index is 1030. The maximum atomic E-state index is 11.7. The molecular weight excluding hydrogens is 368 g/mol. The molecular formula is C24H30O3S. The second-order valence-corrected chi connectivity index (χ2v) is 11.0. The van der Waals surface area contributed by atoms with E-state index in [0.29, 0.717) is 10.8 Å². The first-order chi connectivity index (χ1) is 12.9. The van der Waals surface area contributed by atoms with Gasteiger partial charge in [0.1, 0.15) is 0 Å². The zero-order valence-electron chi connectivity index (χ0n) is 17.6. The van der Waals surface area contributed by atoms with E-state index in [2.05, 4.69) is 52.8 Å². The Balaban J connectivity index is 2.11. The van der Waals surface area contributed by atoms with Gasteiger partial charge in [-0.2, -0.15) is 0 Å². The molecule has 3 nitrogen and oxygen atoms in total. The number of aliphatic hydroxyl groups excluding tert-OH is 1. The topological polar surface area (TPSA) is 54.4 Å². The Morgan fingerprint density at radius 3 is 2.04 bits per heavy atom. The van der Waals surface area contributed by atoms with Gasteiger partial charge in [-0.3, -0.25) is 0 Å². The number of hydrogen-bond acceptors (Lipinski definition) is 3. The van der Waals surface area contributed by atoms with E-state index in [0.717, 1.165) is 16.7 Å². The number of fused-ring (bicyclic) bond motifs is 1. The molecule has 1 unspecified atom stereocenters. The summed E-state index contributed by atoms with van der Waals surface area (Å²) in [5.74, 6) is 0.504. The summed E-state index contributed by atoms with van der Waals surface area (Å²) in [4.78, 5) is 0.297. The summed E-state index contributed by atoms with van der Waals surface area (Å²) in [6, 6.07) is 13.4. The molecule has 4 heteroatoms. The fourth-order valence-electron chi connectivity index (χ4n) is 4.55. The molecule has 0 heterocycles. The average molecular weight is 399 g/mol. The zero-order valence-corrected chi connectivity index (χ0v) is 18.4. The number of hydrogen-bond donors (Lipinski definition) is 1. The van der Waals surface area contributed by atoms with Crippen molar-refractivity contribution in [3.8, 4) is 0 Å². The van der Waals surface area contributed by atoms with E-state index >= 15 is 0 Å². The SMILES string of the molecule is CC1C(C)(C)c2ccc(C(=CCO)c3ccc(S(C)(=O)=O)cc3)cc2C1(C)C. The van der Waals surface area contributed by atoms with E-state index in [-0.39, 0.29) is 17.4 Å². The van der Waals surface area contributed by atoms with Crippen LogP contribution in [0, 0.1) is 5.92 Å². The predicted octanol–water partition coefficient (Wildman–Crippen LogP) is 4.72. The van der Waals surface area contributed by atoms with Crippen molar-refractivity contribution < 1.29 is 13.5 Å². The summed E-state index contributed by atoms with van der Waals surface area (Å²) >= 11 is 0. The molecule has 0 amide bonds. The highest BCUT2D eigenvalue weighted by molar-refractivity contribution is 7.90. The van der Waals surface area contributed by atoms with Crippen molar-refractivity contribution in [1.29, 1.82) is 0 Å². The van der Waals surface area contributed by atoms with Crippen LogP contribution in [-0.2, 0) is 20.7 Å². The normalized spacial score (nSPS) is 20.8. The molecule has 2 aromatic carbocycles. The van der Waals surface area contributed by atoms with E-state index in [1.165, 1.54) is 17.4 Å². The van der Waals surface area contributed by atoms with Gasteiger partial charge in [0.25, 0.3) is 0 Å². The van der Waals surface area contributed by atoms with Crippen LogP contribution in [0.25, 0.3) is 5.57 Å². The highest BCUT2D eigenvalue weighted by Gasteiger charge is 2.48. The highest BCUT2D eigenvalue weighted by Crippen LogP contribution is 2.54. The van der Waals surface area contributed by atoms with Crippen molar-refractivity contribution in [2.45, 2.75) is 50.3 Å². The van der Waals surface area contributed by atoms with Gasteiger partial charge < -0.3 is 5.11 Å². The lowest BCUT2D eigenvalue weighted by Gasteiger charge is -2.32. The predicted molar refractivity (Wildman–Crippen MR) is 115 cm³/mol. The standard InChI is InChI=1S/C24H30O3S/c1-16-23(2,3)21-12-9-18(15-22(21)24(16,4)5)20(13-14-25)17-7-10-19(11-8-17)28(6,26)27/h7-13,15-16,25H,14H2,1-6H3. The number of sulfone groups is 1. The van der Waals surface area contributed by atoms with Crippen LogP contribution in [0.15, 0.2) is 53.4 Å². The third-order valence-corrected chi connectivity index (χ3v) is 7.90. The molecule has 0 aliphatic heterocycles. The summed E-state index contributed by atoms with van der Waals surface area (Å²) in [5, 5.41) is 9.59. The van der Waals surface area contributed by atoms with Crippen LogP contribution in [-0.4, -0.2) is 26.4 Å². The fraction of sp³-hybridized carbons (Fsp3) is 0.417. The van der Waals surface area contributed by atoms with Crippen LogP contribution in [0.3, 0.4) is 0 Å². The summed E-state index contributed by atoms with van der Waals surface area (Å²) < 4.78 is 23.5. The number of benzene rings is 2. The Morgan fingerprint density at radius 2 is 1.50 bits per heavy atom. The molecule has 3 rings (SSSR count). The Labute approximate surface area is 169 Å². The second-order valence-electron chi connectivity index (χ2n) is 9.02. The summed E-state index contributed by atoms with van der Waals surface area (Å²) in [6.45, 7) is 11.4. The average Bonchev–Trinajstić information content (AvgIpc) is 2.76. The van der Waals surface area contributed by atoms with Crippen molar-refractivity contribution >= 4 is 15.4 Å². The first-order valence-electron chi connectivity index (χ1n) is 9.67. The van der Waals surface area contributed by atoms with Crippen molar-refractivity contribution in [3.63, 3.8) is 0 Å². The smallest absolute Gasteiger partial charge is 0.175 e. The van der Waals surface area contributed by atoms with Gasteiger partial charge in [0.15, 0.2) is 9.84 Å². The number of rotatable bonds is 4. The maximum absolute atomic E-state index is 11.7. The molecule has 1 N–H and O–H groups in total. The van der Waals surface area contributed by atoms with Gasteiger partial charge in [-0.1, -0.05) is 71.0 Å². The van der Waals surface area contributed by atoms with Crippen LogP contribution in [0.4, 0.5) is 0 Å². The molecule has 0 fully saturated rings. The Morgan fingerprint density at radius 1 is 0.964 bits per heavy atom. The van der Waals surface area contributed by atoms with Gasteiger partial charge in [-0.25, -0.2) is 8.42 Å². The fourth-order valence-corrected chi connectivity index (χ4v) is 5.18. The van der Waals surface area contributed by atoms with E-state index in [4.69, 9.17) is 0 Å². The van der Waals surface area contributed by atoms with Gasteiger partial charge in [0, 0.05) is 6.26 Å². The first kappa shape index (κ1) is 20.8. The van der Waals surface area contributed by atoms with Gasteiger partial charge in [-0.15, -0.1) is 0 Å². The van der Waals surface area contributed by atoms with Gasteiger partial charge in [-0.05, 0) is 56.7 Å². The minimum atomic E-state index is -3.23. The molecule has 0 saturated carbocycles. The Kier molecular flexibility index (Phi) is 5.10. The molecule has 0 aromatic heterocycles. The number of aliphatic hydroxyl groups is 1. The first-order valence-corrected chi connectivity index (χ1v) is 11.6. The molecule has 0 bridgehead atoms. The van der Waals surface area contributed by atoms with Crippen LogP contribution in [0.2, 0.25) is 0 Å². The third kappa shape index (κ3) is 3.33. The van der Waals surface area contributed by atoms with Crippen molar-refractivity contribution in [2.75, 3.05) is 12.9 Å². The molecule has 28 heavy (non-hydrogen) atoms. The maximum Gasteiger partial charge on any atom is 0.175 e. The second kappa shape index (κ2) is 6.85. The lowest BCUT2D eigenvalue weighted by atomic mass is 9.71. The molecule has 1 atom stereocenters. The minimum Gasteiger partial charge on any atom is -0.392 e. The molecule has 2 aromatic rings. The monoisotopic (exact) mass is 398 g/mol. The van der Waals surface area contributed by atoms with Crippen LogP contribution in [0.5, 0.6) is 0 Å². The van der Waals surface area contributed by atoms with Gasteiger partial charge in [0.05, 0.1) is 11.5 Å². The van der Waals surface area contributed by atoms with Crippen LogP contribution in [0.1, 0.15) is 56.9 Å². The molecule has 1 aliphatic carbocycles. The summed E-state index contributed by atoms with van der Waals surface area (Å²) in [7, 11) is -3.23. The van der Waals surface area contributed by atoms with Crippen molar-refractivity contribution in [2.24, 2.45) is 5.92 Å². The lowest BCUT2D eigenvalue weighted by Crippen LogP contribution is -2.30. The van der Waals surface area contributed by atoms with Gasteiger partial charge in [0.2, 0.25) is 0 Å². The summed E-state index contributed by atoms with van der Waals surface area (Å²) in [5.41, 5.74) is 5.74. The van der Waals surface area contributed by atoms with Crippen molar-refractivity contribution in [3.05, 3.63) is 70.8 Å². The zero-order chi connectivity index (χ0) is 20.9. The molecule has 0 spiro atoms. The molecule has 0 radical (unpaired) electrons. The lowest BCUT2D eigenvalue weighted by molar-refractivity contribution is 0.264. The molecule has 0 saturated heterocycles. The van der Waals surface area contributed by atoms with Crippen LogP contribution >= 0.6 is 0 Å². The highest BCUT2D eigenvalue weighted by atomic mass is 32.2. The molecule has 1 aliphatic rings. The van der Waals surface area contributed by atoms with E-state index in [9.17, 15) is 13.5 Å². The van der Waals surface area contributed by atoms with Crippen molar-refractivity contribution in [1.82, 2.24) is 0 Å². The largest absolute Gasteiger partial charge is 0.392 e. The quantitative estimate of drug-likeness (QED) is 0.811. The van der Waals surface area contributed by atoms with E-state index < -0.39 is 9.84 Å². The van der Waals surface area contributed by atoms with E-state index in [1.54, 1.807) is 18.2 Å². The van der Waals surface area contributed by atoms with Gasteiger partial charge >= 0.3 is 0 Å². The van der Waals surface area contributed by atoms with E-state index in [1.807, 2.05) is 12.1 Å². The summed E-state index contributed by atoms with van der Waals surface area (Å²) in [6.07, 6.45) is 2.99.